The topological polar surface area (TPSA) is 41.1 Å². The highest BCUT2D eigenvalue weighted by Gasteiger charge is 2.31. The molecule has 1 saturated heterocycles. The Morgan fingerprint density at radius 2 is 2.19 bits per heavy atom. The van der Waals surface area contributed by atoms with Gasteiger partial charge in [-0.15, -0.1) is 11.8 Å². The summed E-state index contributed by atoms with van der Waals surface area (Å²) in [5.74, 6) is 1.11. The van der Waals surface area contributed by atoms with E-state index >= 15 is 0 Å². The van der Waals surface area contributed by atoms with Gasteiger partial charge in [-0.2, -0.15) is 0 Å². The van der Waals surface area contributed by atoms with Gasteiger partial charge < -0.3 is 10.6 Å². The smallest absolute Gasteiger partial charge is 0.228 e. The quantitative estimate of drug-likeness (QED) is 0.801. The first-order chi connectivity index (χ1) is 7.84. The van der Waals surface area contributed by atoms with Gasteiger partial charge in [0.05, 0.1) is 12.0 Å². The summed E-state index contributed by atoms with van der Waals surface area (Å²) in [5.41, 5.74) is 1.19. The van der Waals surface area contributed by atoms with E-state index in [9.17, 15) is 4.79 Å². The number of carbonyl (C=O) groups excluding carboxylic acids is 1. The predicted octanol–water partition coefficient (Wildman–Crippen LogP) is 0.964. The second kappa shape index (κ2) is 4.11. The summed E-state index contributed by atoms with van der Waals surface area (Å²) in [4.78, 5) is 13.3. The van der Waals surface area contributed by atoms with Crippen LogP contribution in [-0.4, -0.2) is 30.8 Å². The molecule has 84 valence electrons. The second-order valence-electron chi connectivity index (χ2n) is 4.27. The van der Waals surface area contributed by atoms with Crippen molar-refractivity contribution in [1.82, 2.24) is 10.6 Å². The van der Waals surface area contributed by atoms with Gasteiger partial charge in [0.1, 0.15) is 0 Å². The van der Waals surface area contributed by atoms with E-state index in [1.54, 1.807) is 11.8 Å². The Morgan fingerprint density at radius 1 is 1.38 bits per heavy atom. The Bertz CT molecular complexity index is 417. The number of nitrogens with one attached hydrogen (secondary N) is 2. The molecule has 0 spiro atoms. The number of carbonyl (C=O) groups is 1. The van der Waals surface area contributed by atoms with Crippen LogP contribution >= 0.6 is 11.8 Å². The van der Waals surface area contributed by atoms with Crippen molar-refractivity contribution in [1.29, 1.82) is 0 Å². The van der Waals surface area contributed by atoms with Crippen LogP contribution in [0.25, 0.3) is 0 Å². The molecule has 1 unspecified atom stereocenters. The molecule has 2 aliphatic rings. The molecule has 1 fully saturated rings. The van der Waals surface area contributed by atoms with Crippen molar-refractivity contribution in [3.05, 3.63) is 29.8 Å². The Hall–Kier alpha value is -1.00. The lowest BCUT2D eigenvalue weighted by molar-refractivity contribution is -0.123. The van der Waals surface area contributed by atoms with Crippen molar-refractivity contribution >= 4 is 17.7 Å². The maximum atomic E-state index is 12.1. The summed E-state index contributed by atoms with van der Waals surface area (Å²) < 4.78 is 0. The molecule has 4 heteroatoms. The highest BCUT2D eigenvalue weighted by molar-refractivity contribution is 7.99. The minimum absolute atomic E-state index is 0.0433. The zero-order valence-corrected chi connectivity index (χ0v) is 9.72. The van der Waals surface area contributed by atoms with Crippen molar-refractivity contribution < 1.29 is 4.79 Å². The molecule has 1 atom stereocenters. The van der Waals surface area contributed by atoms with Gasteiger partial charge in [0.15, 0.2) is 0 Å². The van der Waals surface area contributed by atoms with Crippen molar-refractivity contribution in [2.45, 2.75) is 16.9 Å². The summed E-state index contributed by atoms with van der Waals surface area (Å²) in [6, 6.07) is 8.54. The molecule has 1 amide bonds. The normalized spacial score (nSPS) is 23.6. The minimum Gasteiger partial charge on any atom is -0.350 e. The molecule has 0 aliphatic carbocycles. The van der Waals surface area contributed by atoms with Gasteiger partial charge in [-0.1, -0.05) is 18.2 Å². The van der Waals surface area contributed by atoms with Crippen LogP contribution in [0.4, 0.5) is 0 Å². The van der Waals surface area contributed by atoms with Gasteiger partial charge >= 0.3 is 0 Å². The van der Waals surface area contributed by atoms with Gasteiger partial charge in [-0.25, -0.2) is 0 Å². The predicted molar refractivity (Wildman–Crippen MR) is 64.7 cm³/mol. The van der Waals surface area contributed by atoms with E-state index < -0.39 is 0 Å². The van der Waals surface area contributed by atoms with Crippen molar-refractivity contribution in [3.63, 3.8) is 0 Å². The standard InChI is InChI=1S/C12H14N2OS/c15-12(14-8-5-13-6-8)10-7-16-11-4-2-1-3-9(10)11/h1-4,8,10,13H,5-7H2,(H,14,15). The first-order valence-corrected chi connectivity index (χ1v) is 6.56. The van der Waals surface area contributed by atoms with E-state index in [1.807, 2.05) is 12.1 Å². The Labute approximate surface area is 99.0 Å². The van der Waals surface area contributed by atoms with Crippen LogP contribution in [0.2, 0.25) is 0 Å². The van der Waals surface area contributed by atoms with Gasteiger partial charge in [0.2, 0.25) is 5.91 Å². The van der Waals surface area contributed by atoms with E-state index in [2.05, 4.69) is 22.8 Å². The van der Waals surface area contributed by atoms with Crippen molar-refractivity contribution in [2.75, 3.05) is 18.8 Å². The molecule has 0 aromatic heterocycles. The van der Waals surface area contributed by atoms with Crippen molar-refractivity contribution in [2.24, 2.45) is 0 Å². The van der Waals surface area contributed by atoms with Crippen LogP contribution in [0, 0.1) is 0 Å². The zero-order valence-electron chi connectivity index (χ0n) is 8.90. The van der Waals surface area contributed by atoms with E-state index in [0.29, 0.717) is 6.04 Å². The zero-order chi connectivity index (χ0) is 11.0. The Kier molecular flexibility index (Phi) is 2.61. The van der Waals surface area contributed by atoms with E-state index in [0.717, 1.165) is 18.8 Å². The lowest BCUT2D eigenvalue weighted by Gasteiger charge is -2.29. The molecule has 2 aliphatic heterocycles. The summed E-state index contributed by atoms with van der Waals surface area (Å²) >= 11 is 1.78. The molecular formula is C12H14N2OS. The number of amides is 1. The summed E-state index contributed by atoms with van der Waals surface area (Å²) in [5, 5.41) is 6.24. The molecule has 3 rings (SSSR count). The van der Waals surface area contributed by atoms with E-state index in [-0.39, 0.29) is 11.8 Å². The number of hydrogen-bond acceptors (Lipinski definition) is 3. The fourth-order valence-electron chi connectivity index (χ4n) is 2.07. The molecular weight excluding hydrogens is 220 g/mol. The molecule has 16 heavy (non-hydrogen) atoms. The van der Waals surface area contributed by atoms with Crippen molar-refractivity contribution in [3.8, 4) is 0 Å². The molecule has 0 saturated carbocycles. The van der Waals surface area contributed by atoms with Crippen LogP contribution in [0.5, 0.6) is 0 Å². The third-order valence-corrected chi connectivity index (χ3v) is 4.33. The third kappa shape index (κ3) is 1.72. The lowest BCUT2D eigenvalue weighted by atomic mass is 10.00. The molecule has 1 aromatic rings. The largest absolute Gasteiger partial charge is 0.350 e. The van der Waals surface area contributed by atoms with Crippen LogP contribution in [0.1, 0.15) is 11.5 Å². The average Bonchev–Trinajstić information content (AvgIpc) is 2.67. The number of rotatable bonds is 2. The highest BCUT2D eigenvalue weighted by atomic mass is 32.2. The Morgan fingerprint density at radius 3 is 2.94 bits per heavy atom. The second-order valence-corrected chi connectivity index (χ2v) is 5.33. The summed E-state index contributed by atoms with van der Waals surface area (Å²) in [6.07, 6.45) is 0. The Balaban J connectivity index is 1.73. The van der Waals surface area contributed by atoms with Gasteiger partial charge in [-0.3, -0.25) is 4.79 Å². The average molecular weight is 234 g/mol. The van der Waals surface area contributed by atoms with Crippen LogP contribution in [0.3, 0.4) is 0 Å². The fraction of sp³-hybridized carbons (Fsp3) is 0.417. The van der Waals surface area contributed by atoms with E-state index in [4.69, 9.17) is 0 Å². The molecule has 1 aromatic carbocycles. The number of hydrogen-bond donors (Lipinski definition) is 2. The molecule has 0 radical (unpaired) electrons. The number of fused-ring (bicyclic) bond motifs is 1. The molecule has 3 nitrogen and oxygen atoms in total. The van der Waals surface area contributed by atoms with Gasteiger partial charge in [0.25, 0.3) is 0 Å². The monoisotopic (exact) mass is 234 g/mol. The summed E-state index contributed by atoms with van der Waals surface area (Å²) in [7, 11) is 0. The number of thioether (sulfide) groups is 1. The van der Waals surface area contributed by atoms with Gasteiger partial charge in [0, 0.05) is 23.7 Å². The van der Waals surface area contributed by atoms with Crippen LogP contribution in [0.15, 0.2) is 29.2 Å². The first-order valence-electron chi connectivity index (χ1n) is 5.57. The number of benzene rings is 1. The van der Waals surface area contributed by atoms with Gasteiger partial charge in [-0.05, 0) is 11.6 Å². The maximum Gasteiger partial charge on any atom is 0.228 e. The van der Waals surface area contributed by atoms with Crippen LogP contribution < -0.4 is 10.6 Å². The molecule has 2 N–H and O–H groups in total. The van der Waals surface area contributed by atoms with E-state index in [1.165, 1.54) is 10.5 Å². The minimum atomic E-state index is 0.0433. The molecule has 2 heterocycles. The maximum absolute atomic E-state index is 12.1. The highest BCUT2D eigenvalue weighted by Crippen LogP contribution is 2.39. The SMILES string of the molecule is O=C(NC1CNC1)C1CSc2ccccc21. The third-order valence-electron chi connectivity index (χ3n) is 3.14. The summed E-state index contributed by atoms with van der Waals surface area (Å²) in [6.45, 7) is 1.82. The lowest BCUT2D eigenvalue weighted by Crippen LogP contribution is -2.57. The fourth-order valence-corrected chi connectivity index (χ4v) is 3.30. The molecule has 0 bridgehead atoms. The first kappa shape index (κ1) is 10.2. The van der Waals surface area contributed by atoms with Crippen LogP contribution in [-0.2, 0) is 4.79 Å².